The number of aromatic nitrogens is 1. The third-order valence-corrected chi connectivity index (χ3v) is 4.76. The molecule has 1 saturated carbocycles. The Hall–Kier alpha value is -1.43. The molecule has 6 heteroatoms. The second-order valence-corrected chi connectivity index (χ2v) is 6.53. The average molecular weight is 293 g/mol. The molecule has 2 fully saturated rings. The summed E-state index contributed by atoms with van der Waals surface area (Å²) in [5.74, 6) is 0.435. The van der Waals surface area contributed by atoms with Crippen molar-refractivity contribution in [1.29, 1.82) is 0 Å². The minimum atomic E-state index is -0.329. The quantitative estimate of drug-likeness (QED) is 0.896. The standard InChI is InChI=1S/C14H19N3O2S/c1-2-3-11-13(18)16-12(9-4-5-9)14(19)17(11)7-10-6-15-8-20-10/h6,8-9,11-12H,2-5,7H2,1H3,(H,16,18). The van der Waals surface area contributed by atoms with Crippen molar-refractivity contribution in [2.45, 2.75) is 51.2 Å². The van der Waals surface area contributed by atoms with E-state index in [0.717, 1.165) is 24.1 Å². The van der Waals surface area contributed by atoms with Crippen LogP contribution in [0.5, 0.6) is 0 Å². The highest BCUT2D eigenvalue weighted by Crippen LogP contribution is 2.35. The number of carbonyl (C=O) groups excluding carboxylic acids is 2. The van der Waals surface area contributed by atoms with Gasteiger partial charge in [-0.25, -0.2) is 0 Å². The molecule has 1 saturated heterocycles. The molecule has 0 radical (unpaired) electrons. The van der Waals surface area contributed by atoms with Crippen LogP contribution in [0.2, 0.25) is 0 Å². The highest BCUT2D eigenvalue weighted by atomic mass is 32.1. The maximum absolute atomic E-state index is 12.7. The first-order valence-corrected chi connectivity index (χ1v) is 8.07. The molecule has 20 heavy (non-hydrogen) atoms. The van der Waals surface area contributed by atoms with Gasteiger partial charge in [0.2, 0.25) is 11.8 Å². The highest BCUT2D eigenvalue weighted by molar-refractivity contribution is 7.09. The summed E-state index contributed by atoms with van der Waals surface area (Å²) in [4.78, 5) is 31.8. The average Bonchev–Trinajstić information content (AvgIpc) is 3.15. The number of hydrogen-bond donors (Lipinski definition) is 1. The van der Waals surface area contributed by atoms with Gasteiger partial charge in [-0.15, -0.1) is 11.3 Å². The molecule has 5 nitrogen and oxygen atoms in total. The van der Waals surface area contributed by atoms with Crippen molar-refractivity contribution in [2.24, 2.45) is 5.92 Å². The van der Waals surface area contributed by atoms with Crippen molar-refractivity contribution in [3.8, 4) is 0 Å². The first kappa shape index (κ1) is 13.5. The summed E-state index contributed by atoms with van der Waals surface area (Å²) in [6.45, 7) is 2.54. The fraction of sp³-hybridized carbons (Fsp3) is 0.643. The van der Waals surface area contributed by atoms with Crippen molar-refractivity contribution < 1.29 is 9.59 Å². The summed E-state index contributed by atoms with van der Waals surface area (Å²) in [6, 6.07) is -0.631. The van der Waals surface area contributed by atoms with Crippen LogP contribution in [0.4, 0.5) is 0 Å². The zero-order valence-electron chi connectivity index (χ0n) is 11.5. The number of nitrogens with one attached hydrogen (secondary N) is 1. The molecule has 1 aliphatic heterocycles. The van der Waals surface area contributed by atoms with Gasteiger partial charge >= 0.3 is 0 Å². The molecule has 108 valence electrons. The lowest BCUT2D eigenvalue weighted by Crippen LogP contribution is -2.63. The zero-order valence-corrected chi connectivity index (χ0v) is 12.4. The summed E-state index contributed by atoms with van der Waals surface area (Å²) in [5.41, 5.74) is 1.76. The molecule has 2 aliphatic rings. The normalized spacial score (nSPS) is 26.8. The fourth-order valence-corrected chi connectivity index (χ4v) is 3.36. The van der Waals surface area contributed by atoms with E-state index >= 15 is 0 Å². The largest absolute Gasteiger partial charge is 0.342 e. The number of thiazole rings is 1. The molecule has 1 aromatic heterocycles. The molecule has 1 aromatic rings. The van der Waals surface area contributed by atoms with Crippen LogP contribution in [0, 0.1) is 5.92 Å². The summed E-state index contributed by atoms with van der Waals surface area (Å²) in [6.07, 6.45) is 5.47. The first-order chi connectivity index (χ1) is 9.70. The van der Waals surface area contributed by atoms with Crippen LogP contribution in [0.15, 0.2) is 11.7 Å². The Morgan fingerprint density at radius 2 is 2.25 bits per heavy atom. The van der Waals surface area contributed by atoms with Crippen LogP contribution in [0.25, 0.3) is 0 Å². The van der Waals surface area contributed by atoms with Gasteiger partial charge in [0.15, 0.2) is 0 Å². The smallest absolute Gasteiger partial charge is 0.246 e. The Bertz CT molecular complexity index is 499. The molecule has 2 heterocycles. The molecule has 1 N–H and O–H groups in total. The Morgan fingerprint density at radius 1 is 1.45 bits per heavy atom. The lowest BCUT2D eigenvalue weighted by atomic mass is 10.0. The van der Waals surface area contributed by atoms with Crippen LogP contribution < -0.4 is 5.32 Å². The number of hydrogen-bond acceptors (Lipinski definition) is 4. The Kier molecular flexibility index (Phi) is 3.74. The molecule has 0 bridgehead atoms. The molecule has 0 aromatic carbocycles. The number of piperazine rings is 1. The molecular weight excluding hydrogens is 274 g/mol. The molecule has 1 aliphatic carbocycles. The molecule has 0 spiro atoms. The Balaban J connectivity index is 1.82. The summed E-state index contributed by atoms with van der Waals surface area (Å²) in [7, 11) is 0. The maximum atomic E-state index is 12.7. The third kappa shape index (κ3) is 2.57. The lowest BCUT2D eigenvalue weighted by molar-refractivity contribution is -0.151. The molecular formula is C14H19N3O2S. The molecule has 2 unspecified atom stereocenters. The topological polar surface area (TPSA) is 62.3 Å². The van der Waals surface area contributed by atoms with Gasteiger partial charge in [0.25, 0.3) is 0 Å². The minimum absolute atomic E-state index is 0.00728. The Morgan fingerprint density at radius 3 is 2.85 bits per heavy atom. The van der Waals surface area contributed by atoms with Crippen molar-refractivity contribution in [1.82, 2.24) is 15.2 Å². The van der Waals surface area contributed by atoms with Crippen LogP contribution >= 0.6 is 11.3 Å². The molecule has 2 atom stereocenters. The third-order valence-electron chi connectivity index (χ3n) is 3.99. The van der Waals surface area contributed by atoms with Gasteiger partial charge in [0, 0.05) is 11.1 Å². The second kappa shape index (κ2) is 5.52. The lowest BCUT2D eigenvalue weighted by Gasteiger charge is -2.39. The number of amides is 2. The van der Waals surface area contributed by atoms with Crippen LogP contribution in [-0.2, 0) is 16.1 Å². The van der Waals surface area contributed by atoms with E-state index in [1.807, 2.05) is 6.92 Å². The predicted molar refractivity (Wildman–Crippen MR) is 76.0 cm³/mol. The van der Waals surface area contributed by atoms with Gasteiger partial charge in [-0.2, -0.15) is 0 Å². The SMILES string of the molecule is CCCC1C(=O)NC(C2CC2)C(=O)N1Cc1cncs1. The van der Waals surface area contributed by atoms with Crippen molar-refractivity contribution in [3.63, 3.8) is 0 Å². The van der Waals surface area contributed by atoms with E-state index in [2.05, 4.69) is 10.3 Å². The summed E-state index contributed by atoms with van der Waals surface area (Å²) >= 11 is 1.53. The van der Waals surface area contributed by atoms with Gasteiger partial charge in [0.1, 0.15) is 12.1 Å². The minimum Gasteiger partial charge on any atom is -0.342 e. The summed E-state index contributed by atoms with van der Waals surface area (Å²) in [5, 5.41) is 2.93. The molecule has 2 amide bonds. The van der Waals surface area contributed by atoms with E-state index in [1.165, 1.54) is 11.3 Å². The van der Waals surface area contributed by atoms with Crippen LogP contribution in [-0.4, -0.2) is 33.8 Å². The van der Waals surface area contributed by atoms with E-state index in [1.54, 1.807) is 16.6 Å². The van der Waals surface area contributed by atoms with Crippen LogP contribution in [0.1, 0.15) is 37.5 Å². The van der Waals surface area contributed by atoms with E-state index in [-0.39, 0.29) is 23.9 Å². The van der Waals surface area contributed by atoms with E-state index in [0.29, 0.717) is 18.9 Å². The maximum Gasteiger partial charge on any atom is 0.246 e. The predicted octanol–water partition coefficient (Wildman–Crippen LogP) is 1.55. The van der Waals surface area contributed by atoms with E-state index in [9.17, 15) is 9.59 Å². The van der Waals surface area contributed by atoms with Crippen LogP contribution in [0.3, 0.4) is 0 Å². The first-order valence-electron chi connectivity index (χ1n) is 7.19. The summed E-state index contributed by atoms with van der Waals surface area (Å²) < 4.78 is 0. The van der Waals surface area contributed by atoms with Gasteiger partial charge in [-0.3, -0.25) is 14.6 Å². The van der Waals surface area contributed by atoms with Crippen molar-refractivity contribution in [2.75, 3.05) is 0 Å². The van der Waals surface area contributed by atoms with Gasteiger partial charge in [-0.05, 0) is 25.2 Å². The van der Waals surface area contributed by atoms with Gasteiger partial charge in [-0.1, -0.05) is 13.3 Å². The number of carbonyl (C=O) groups is 2. The van der Waals surface area contributed by atoms with Gasteiger partial charge in [0.05, 0.1) is 12.1 Å². The Labute approximate surface area is 122 Å². The van der Waals surface area contributed by atoms with Gasteiger partial charge < -0.3 is 10.2 Å². The fourth-order valence-electron chi connectivity index (χ4n) is 2.77. The number of rotatable bonds is 5. The van der Waals surface area contributed by atoms with E-state index in [4.69, 9.17) is 0 Å². The van der Waals surface area contributed by atoms with E-state index < -0.39 is 0 Å². The second-order valence-electron chi connectivity index (χ2n) is 5.56. The molecule has 3 rings (SSSR count). The van der Waals surface area contributed by atoms with Crippen molar-refractivity contribution >= 4 is 23.2 Å². The number of nitrogens with zero attached hydrogens (tertiary/aromatic N) is 2. The highest BCUT2D eigenvalue weighted by Gasteiger charge is 2.46. The van der Waals surface area contributed by atoms with Crippen molar-refractivity contribution in [3.05, 3.63) is 16.6 Å². The zero-order chi connectivity index (χ0) is 14.1. The monoisotopic (exact) mass is 293 g/mol.